The summed E-state index contributed by atoms with van der Waals surface area (Å²) in [5, 5.41) is 0. The van der Waals surface area contributed by atoms with E-state index >= 15 is 0 Å². The van der Waals surface area contributed by atoms with E-state index in [-0.39, 0.29) is 98.3 Å². The van der Waals surface area contributed by atoms with Crippen LogP contribution >= 0.6 is 0 Å². The maximum atomic E-state index is 7.25. The van der Waals surface area contributed by atoms with Crippen molar-refractivity contribution < 1.29 is 74.4 Å². The summed E-state index contributed by atoms with van der Waals surface area (Å²) in [6.07, 6.45) is 0. The zero-order chi connectivity index (χ0) is 4.00. The van der Waals surface area contributed by atoms with Gasteiger partial charge in [-0.25, -0.2) is 0 Å². The quantitative estimate of drug-likeness (QED) is 0.385. The van der Waals surface area contributed by atoms with Gasteiger partial charge in [-0.05, 0) is 0 Å². The van der Waals surface area contributed by atoms with Crippen molar-refractivity contribution in [1.82, 2.24) is 0 Å². The van der Waals surface area contributed by atoms with E-state index in [1.54, 1.807) is 0 Å². The summed E-state index contributed by atoms with van der Waals surface area (Å²) in [6.45, 7) is 0. The molecular formula is Cl6N2O2Sn-4. The van der Waals surface area contributed by atoms with Crippen molar-refractivity contribution >= 4 is 23.9 Å². The second kappa shape index (κ2) is 448. The molecule has 0 spiro atoms. The monoisotopic (exact) mass is 390 g/mol. The molecule has 0 amide bonds. The predicted octanol–water partition coefficient (Wildman–Crippen LogP) is -17.7. The van der Waals surface area contributed by atoms with Crippen LogP contribution in [-0.2, 0) is 0 Å². The van der Waals surface area contributed by atoms with Crippen LogP contribution < -0.4 is 74.4 Å². The van der Waals surface area contributed by atoms with Crippen LogP contribution in [0.15, 0.2) is 0 Å². The molecule has 0 aliphatic carbocycles. The third kappa shape index (κ3) is 368. The Labute approximate surface area is 118 Å². The molecule has 0 saturated heterocycles. The molecule has 0 N–H and O–H groups in total. The van der Waals surface area contributed by atoms with Crippen molar-refractivity contribution in [2.45, 2.75) is 0 Å². The van der Waals surface area contributed by atoms with Crippen LogP contribution in [0, 0.1) is 9.81 Å². The van der Waals surface area contributed by atoms with E-state index < -0.39 is 0 Å². The maximum Gasteiger partial charge on any atom is 4.00 e. The van der Waals surface area contributed by atoms with Gasteiger partial charge in [-0.1, -0.05) is 0 Å². The third-order valence-electron chi connectivity index (χ3n) is 0. The van der Waals surface area contributed by atoms with Crippen molar-refractivity contribution in [3.63, 3.8) is 0 Å². The standard InChI is InChI=1S/6ClH.2NO.Sn/c;;;;;;2*1-2;/h6*1H;;;/q;;;;;;2*-1;+4/p-6. The molecule has 0 aliphatic rings. The minimum Gasteiger partial charge on any atom is -1.00 e. The Bertz CT molecular complexity index is 20.5. The Hall–Kier alpha value is 1.74. The Morgan fingerprint density at radius 1 is 0.455 bits per heavy atom. The summed E-state index contributed by atoms with van der Waals surface area (Å²) in [6, 6.07) is 0. The molecule has 4 nitrogen and oxygen atoms in total. The summed E-state index contributed by atoms with van der Waals surface area (Å²) in [4.78, 5) is 14.5. The summed E-state index contributed by atoms with van der Waals surface area (Å²) >= 11 is 0. The second-order valence-corrected chi connectivity index (χ2v) is 0. The zero-order valence-corrected chi connectivity index (χ0v) is 11.9. The number of rotatable bonds is 0. The summed E-state index contributed by atoms with van der Waals surface area (Å²) in [5.41, 5.74) is 11.5. The predicted molar refractivity (Wildman–Crippen MR) is 19.2 cm³/mol. The summed E-state index contributed by atoms with van der Waals surface area (Å²) in [5.74, 6) is 0. The molecule has 72 valence electrons. The summed E-state index contributed by atoms with van der Waals surface area (Å²) < 4.78 is 0. The average Bonchev–Trinajstić information content (AvgIpc) is 1.50. The number of hydrogen-bond acceptors (Lipinski definition) is 2. The molecule has 0 unspecified atom stereocenters. The van der Waals surface area contributed by atoms with E-state index in [2.05, 4.69) is 0 Å². The van der Waals surface area contributed by atoms with Crippen molar-refractivity contribution in [3.8, 4) is 0 Å². The minimum atomic E-state index is 0. The van der Waals surface area contributed by atoms with Gasteiger partial charge in [-0.3, -0.25) is 0 Å². The topological polar surface area (TPSA) is 78.7 Å². The molecule has 0 heterocycles. The maximum absolute atomic E-state index is 7.25. The zero-order valence-electron chi connectivity index (χ0n) is 4.48. The third-order valence-corrected chi connectivity index (χ3v) is 0. The fourth-order valence-corrected chi connectivity index (χ4v) is 0. The van der Waals surface area contributed by atoms with Gasteiger partial charge in [0.2, 0.25) is 0 Å². The molecule has 11 heteroatoms. The van der Waals surface area contributed by atoms with Gasteiger partial charge in [0.1, 0.15) is 0 Å². The van der Waals surface area contributed by atoms with Crippen molar-refractivity contribution in [2.24, 2.45) is 0 Å². The van der Waals surface area contributed by atoms with Crippen molar-refractivity contribution in [1.29, 1.82) is 0 Å². The fraction of sp³-hybridized carbons (Fsp3) is 0. The molecule has 0 aromatic carbocycles. The molecule has 0 aliphatic heterocycles. The number of nitroso groups, excluding NO2 is 2. The first-order valence-corrected chi connectivity index (χ1v) is 0.365. The van der Waals surface area contributed by atoms with Crippen LogP contribution in [-0.4, -0.2) is 23.9 Å². The molecule has 11 heavy (non-hydrogen) atoms. The summed E-state index contributed by atoms with van der Waals surface area (Å²) in [7, 11) is 0. The van der Waals surface area contributed by atoms with Crippen LogP contribution in [0.5, 0.6) is 0 Å². The normalized spacial score (nSPS) is 0.727. The Morgan fingerprint density at radius 2 is 0.455 bits per heavy atom. The van der Waals surface area contributed by atoms with Crippen molar-refractivity contribution in [2.75, 3.05) is 0 Å². The van der Waals surface area contributed by atoms with Gasteiger partial charge < -0.3 is 95.4 Å². The first kappa shape index (κ1) is 126. The smallest absolute Gasteiger partial charge is 1.00 e. The Kier molecular flexibility index (Phi) is 5110. The largest absolute Gasteiger partial charge is 4.00 e. The number of nitrogens with zero attached hydrogens (tertiary/aromatic N) is 2. The van der Waals surface area contributed by atoms with E-state index in [9.17, 15) is 0 Å². The van der Waals surface area contributed by atoms with E-state index in [1.165, 1.54) is 0 Å². The molecule has 0 aromatic rings. The van der Waals surface area contributed by atoms with E-state index in [0.29, 0.717) is 0 Å². The van der Waals surface area contributed by atoms with Gasteiger partial charge >= 0.3 is 23.9 Å². The van der Waals surface area contributed by atoms with E-state index in [4.69, 9.17) is 21.0 Å². The molecule has 0 saturated carbocycles. The molecule has 0 radical (unpaired) electrons. The van der Waals surface area contributed by atoms with Gasteiger partial charge in [0, 0.05) is 0 Å². The van der Waals surface area contributed by atoms with Gasteiger partial charge in [0.25, 0.3) is 0 Å². The minimum absolute atomic E-state index is 0. The molecule has 0 fully saturated rings. The molecule has 0 atom stereocenters. The van der Waals surface area contributed by atoms with Crippen LogP contribution in [0.1, 0.15) is 0 Å². The number of hydrogen-bond donors (Lipinski definition) is 0. The molecular weight excluding hydrogens is 391 g/mol. The van der Waals surface area contributed by atoms with Crippen molar-refractivity contribution in [3.05, 3.63) is 21.0 Å². The molecule has 0 bridgehead atoms. The van der Waals surface area contributed by atoms with Crippen LogP contribution in [0.2, 0.25) is 0 Å². The number of halogens is 6. The molecule has 0 rings (SSSR count). The van der Waals surface area contributed by atoms with Gasteiger partial charge in [-0.2, -0.15) is 0 Å². The average molecular weight is 391 g/mol. The Morgan fingerprint density at radius 3 is 0.455 bits per heavy atom. The molecule has 0 aromatic heterocycles. The first-order valence-electron chi connectivity index (χ1n) is 0.365. The van der Waals surface area contributed by atoms with Crippen LogP contribution in [0.25, 0.3) is 11.2 Å². The van der Waals surface area contributed by atoms with Gasteiger partial charge in [0.15, 0.2) is 0 Å². The SMILES string of the molecule is [Cl-].[Cl-].[Cl-].[Cl-].[Cl-].[Cl-].[N-]=O.[N-]=O.[Sn+4]. The van der Waals surface area contributed by atoms with Crippen LogP contribution in [0.3, 0.4) is 0 Å². The van der Waals surface area contributed by atoms with Gasteiger partial charge in [0.05, 0.1) is 0 Å². The van der Waals surface area contributed by atoms with Crippen LogP contribution in [0.4, 0.5) is 0 Å². The van der Waals surface area contributed by atoms with Gasteiger partial charge in [-0.15, -0.1) is 0 Å². The second-order valence-electron chi connectivity index (χ2n) is 0. The van der Waals surface area contributed by atoms with E-state index in [1.807, 2.05) is 0 Å². The van der Waals surface area contributed by atoms with E-state index in [0.717, 1.165) is 0 Å². The first-order chi connectivity index (χ1) is 2.00. The Balaban J connectivity index is -0.000000000635. The fourth-order valence-electron chi connectivity index (χ4n) is 0.